The number of carbonyl (C=O) groups excluding carboxylic acids is 1. The molecule has 33 heavy (non-hydrogen) atoms. The molecular formula is C25H22BrClN4O2. The molecule has 6 nitrogen and oxygen atoms in total. The molecule has 8 heteroatoms. The molecule has 0 atom stereocenters. The monoisotopic (exact) mass is 524 g/mol. The van der Waals surface area contributed by atoms with Crippen molar-refractivity contribution >= 4 is 39.1 Å². The van der Waals surface area contributed by atoms with Crippen LogP contribution in [0.5, 0.6) is 0 Å². The molecule has 0 radical (unpaired) electrons. The molecule has 0 unspecified atom stereocenters. The van der Waals surface area contributed by atoms with Crippen LogP contribution in [0.4, 0.5) is 0 Å². The molecule has 3 heterocycles. The highest BCUT2D eigenvalue weighted by molar-refractivity contribution is 9.10. The molecule has 1 aliphatic heterocycles. The fraction of sp³-hybridized carbons (Fsp3) is 0.240. The molecule has 0 saturated heterocycles. The van der Waals surface area contributed by atoms with Gasteiger partial charge in [-0.1, -0.05) is 43.6 Å². The lowest BCUT2D eigenvalue weighted by atomic mass is 10.0. The second kappa shape index (κ2) is 8.47. The molecule has 4 aromatic rings. The molecule has 1 amide bonds. The number of rotatable bonds is 3. The highest BCUT2D eigenvalue weighted by Gasteiger charge is 2.29. The van der Waals surface area contributed by atoms with E-state index in [0.717, 1.165) is 27.1 Å². The SMILES string of the molecule is CC(C)c1cnn2c3c(c(=O)n(-c4ccccc4)c12)CCN(C(=O)c1ccc(Br)c(Cl)c1)C3. The van der Waals surface area contributed by atoms with E-state index < -0.39 is 0 Å². The minimum absolute atomic E-state index is 0.0510. The van der Waals surface area contributed by atoms with Crippen LogP contribution in [-0.4, -0.2) is 31.5 Å². The second-order valence-electron chi connectivity index (χ2n) is 8.50. The van der Waals surface area contributed by atoms with Gasteiger partial charge in [-0.2, -0.15) is 5.10 Å². The number of carbonyl (C=O) groups is 1. The molecule has 2 aromatic heterocycles. The van der Waals surface area contributed by atoms with E-state index in [9.17, 15) is 9.59 Å². The van der Waals surface area contributed by atoms with Crippen molar-refractivity contribution in [3.63, 3.8) is 0 Å². The third kappa shape index (κ3) is 3.69. The Kier molecular flexibility index (Phi) is 5.62. The summed E-state index contributed by atoms with van der Waals surface area (Å²) in [7, 11) is 0. The molecule has 1 aliphatic rings. The highest BCUT2D eigenvalue weighted by atomic mass is 79.9. The van der Waals surface area contributed by atoms with Crippen LogP contribution in [0, 0.1) is 0 Å². The van der Waals surface area contributed by atoms with Gasteiger partial charge in [-0.15, -0.1) is 0 Å². The van der Waals surface area contributed by atoms with E-state index in [0.29, 0.717) is 35.7 Å². The Balaban J connectivity index is 1.66. The van der Waals surface area contributed by atoms with Gasteiger partial charge in [0.25, 0.3) is 11.5 Å². The van der Waals surface area contributed by atoms with Crippen molar-refractivity contribution in [1.82, 2.24) is 19.1 Å². The van der Waals surface area contributed by atoms with Crippen molar-refractivity contribution in [3.05, 3.63) is 97.0 Å². The third-order valence-corrected chi connectivity index (χ3v) is 7.34. The number of fused-ring (bicyclic) bond motifs is 3. The van der Waals surface area contributed by atoms with Crippen LogP contribution in [0.25, 0.3) is 11.3 Å². The zero-order valence-electron chi connectivity index (χ0n) is 18.3. The minimum atomic E-state index is -0.119. The molecular weight excluding hydrogens is 504 g/mol. The number of aromatic nitrogens is 3. The third-order valence-electron chi connectivity index (χ3n) is 6.11. The Labute approximate surface area is 204 Å². The summed E-state index contributed by atoms with van der Waals surface area (Å²) in [5.41, 5.74) is 4.47. The quantitative estimate of drug-likeness (QED) is 0.368. The first-order valence-electron chi connectivity index (χ1n) is 10.8. The van der Waals surface area contributed by atoms with Crippen LogP contribution < -0.4 is 5.56 Å². The van der Waals surface area contributed by atoms with Gasteiger partial charge in [0, 0.05) is 27.7 Å². The topological polar surface area (TPSA) is 59.6 Å². The molecule has 0 N–H and O–H groups in total. The second-order valence-corrected chi connectivity index (χ2v) is 9.76. The van der Waals surface area contributed by atoms with Gasteiger partial charge < -0.3 is 4.90 Å². The maximum atomic E-state index is 13.7. The fourth-order valence-corrected chi connectivity index (χ4v) is 4.81. The molecule has 0 bridgehead atoms. The van der Waals surface area contributed by atoms with E-state index in [1.54, 1.807) is 27.7 Å². The molecule has 0 spiro atoms. The predicted molar refractivity (Wildman–Crippen MR) is 132 cm³/mol. The first-order chi connectivity index (χ1) is 15.9. The van der Waals surface area contributed by atoms with Crippen LogP contribution in [0.3, 0.4) is 0 Å². The summed E-state index contributed by atoms with van der Waals surface area (Å²) in [5, 5.41) is 5.15. The number of nitrogens with zero attached hydrogens (tertiary/aromatic N) is 4. The van der Waals surface area contributed by atoms with Gasteiger partial charge >= 0.3 is 0 Å². The lowest BCUT2D eigenvalue weighted by Gasteiger charge is -2.30. The normalized spacial score (nSPS) is 13.5. The smallest absolute Gasteiger partial charge is 0.261 e. The summed E-state index contributed by atoms with van der Waals surface area (Å²) in [6, 6.07) is 14.8. The van der Waals surface area contributed by atoms with Crippen molar-refractivity contribution in [3.8, 4) is 5.69 Å². The van der Waals surface area contributed by atoms with Gasteiger partial charge in [-0.25, -0.2) is 4.52 Å². The minimum Gasteiger partial charge on any atom is -0.332 e. The summed E-state index contributed by atoms with van der Waals surface area (Å²) in [4.78, 5) is 28.7. The Hall–Kier alpha value is -2.90. The van der Waals surface area contributed by atoms with Crippen molar-refractivity contribution in [2.45, 2.75) is 32.7 Å². The summed E-state index contributed by atoms with van der Waals surface area (Å²) in [6.07, 6.45) is 2.29. The zero-order chi connectivity index (χ0) is 23.3. The zero-order valence-corrected chi connectivity index (χ0v) is 20.6. The van der Waals surface area contributed by atoms with Crippen molar-refractivity contribution in [2.24, 2.45) is 0 Å². The van der Waals surface area contributed by atoms with E-state index in [4.69, 9.17) is 11.6 Å². The molecule has 168 valence electrons. The predicted octanol–water partition coefficient (Wildman–Crippen LogP) is 5.22. The molecule has 0 fully saturated rings. The van der Waals surface area contributed by atoms with Crippen molar-refractivity contribution < 1.29 is 4.79 Å². The van der Waals surface area contributed by atoms with E-state index in [1.165, 1.54) is 0 Å². The Bertz CT molecular complexity index is 1440. The van der Waals surface area contributed by atoms with Gasteiger partial charge in [0.1, 0.15) is 5.65 Å². The van der Waals surface area contributed by atoms with Gasteiger partial charge in [0.15, 0.2) is 0 Å². The number of hydrogen-bond donors (Lipinski definition) is 0. The fourth-order valence-electron chi connectivity index (χ4n) is 4.39. The van der Waals surface area contributed by atoms with Crippen LogP contribution in [-0.2, 0) is 13.0 Å². The number of benzene rings is 2. The summed E-state index contributed by atoms with van der Waals surface area (Å²) in [5.74, 6) is 0.0628. The Morgan fingerprint density at radius 2 is 1.91 bits per heavy atom. The first-order valence-corrected chi connectivity index (χ1v) is 12.0. The van der Waals surface area contributed by atoms with E-state index in [-0.39, 0.29) is 17.4 Å². The summed E-state index contributed by atoms with van der Waals surface area (Å²) in [6.45, 7) is 4.93. The van der Waals surface area contributed by atoms with Crippen LogP contribution in [0.15, 0.2) is 64.0 Å². The lowest BCUT2D eigenvalue weighted by Crippen LogP contribution is -2.41. The average molecular weight is 526 g/mol. The first kappa shape index (κ1) is 21.9. The number of amides is 1. The van der Waals surface area contributed by atoms with Crippen molar-refractivity contribution in [1.29, 1.82) is 0 Å². The number of para-hydroxylation sites is 1. The molecule has 0 saturated carbocycles. The standard InChI is InChI=1S/C25H22BrClN4O2/c1-15(2)19-13-28-31-22-14-29(24(32)16-8-9-20(26)21(27)12-16)11-10-18(22)25(33)30(23(19)31)17-6-4-3-5-7-17/h3-9,12-13,15H,10-11,14H2,1-2H3. The number of hydrogen-bond acceptors (Lipinski definition) is 3. The van der Waals surface area contributed by atoms with Gasteiger partial charge in [0.2, 0.25) is 0 Å². The number of halogens is 2. The summed E-state index contributed by atoms with van der Waals surface area (Å²) < 4.78 is 4.34. The van der Waals surface area contributed by atoms with E-state index in [1.807, 2.05) is 41.0 Å². The Morgan fingerprint density at radius 1 is 1.15 bits per heavy atom. The van der Waals surface area contributed by atoms with E-state index >= 15 is 0 Å². The van der Waals surface area contributed by atoms with Gasteiger partial charge in [-0.3, -0.25) is 14.2 Å². The van der Waals surface area contributed by atoms with Crippen LogP contribution in [0.1, 0.15) is 46.9 Å². The summed E-state index contributed by atoms with van der Waals surface area (Å²) >= 11 is 9.57. The average Bonchev–Trinajstić information content (AvgIpc) is 3.26. The largest absolute Gasteiger partial charge is 0.332 e. The van der Waals surface area contributed by atoms with Crippen LogP contribution >= 0.6 is 27.5 Å². The van der Waals surface area contributed by atoms with Crippen LogP contribution in [0.2, 0.25) is 5.02 Å². The van der Waals surface area contributed by atoms with Crippen molar-refractivity contribution in [2.75, 3.05) is 6.54 Å². The molecule has 2 aromatic carbocycles. The highest BCUT2D eigenvalue weighted by Crippen LogP contribution is 2.28. The van der Waals surface area contributed by atoms with E-state index in [2.05, 4.69) is 34.9 Å². The maximum absolute atomic E-state index is 13.7. The molecule has 5 rings (SSSR count). The molecule has 0 aliphatic carbocycles. The van der Waals surface area contributed by atoms with Gasteiger partial charge in [0.05, 0.1) is 29.1 Å². The maximum Gasteiger partial charge on any atom is 0.261 e. The Morgan fingerprint density at radius 3 is 2.61 bits per heavy atom. The lowest BCUT2D eigenvalue weighted by molar-refractivity contribution is 0.0729. The van der Waals surface area contributed by atoms with Gasteiger partial charge in [-0.05, 0) is 58.6 Å².